The fourth-order valence-electron chi connectivity index (χ4n) is 1.11. The molecule has 0 saturated carbocycles. The predicted molar refractivity (Wildman–Crippen MR) is 64.0 cm³/mol. The van der Waals surface area contributed by atoms with Crippen molar-refractivity contribution in [3.63, 3.8) is 0 Å². The summed E-state index contributed by atoms with van der Waals surface area (Å²) in [5.74, 6) is 0. The summed E-state index contributed by atoms with van der Waals surface area (Å²) in [5, 5.41) is 2.17. The molecular weight excluding hydrogens is 210 g/mol. The van der Waals surface area contributed by atoms with Crippen molar-refractivity contribution in [2.24, 2.45) is 0 Å². The third-order valence-electron chi connectivity index (χ3n) is 1.81. The minimum absolute atomic E-state index is 0.816. The Kier molecular flexibility index (Phi) is 2.79. The Bertz CT molecular complexity index is 417. The van der Waals surface area contributed by atoms with Gasteiger partial charge < -0.3 is 5.73 Å². The van der Waals surface area contributed by atoms with E-state index < -0.39 is 0 Å². The average molecular weight is 221 g/mol. The summed E-state index contributed by atoms with van der Waals surface area (Å²) in [5.41, 5.74) is 7.76. The largest absolute Gasteiger partial charge is 0.399 e. The normalized spacial score (nSPS) is 10.4. The first kappa shape index (κ1) is 9.62. The summed E-state index contributed by atoms with van der Waals surface area (Å²) in [7, 11) is 0. The molecule has 0 aliphatic rings. The molecule has 1 heterocycles. The van der Waals surface area contributed by atoms with E-state index >= 15 is 0 Å². The van der Waals surface area contributed by atoms with E-state index in [1.165, 1.54) is 14.7 Å². The van der Waals surface area contributed by atoms with E-state index in [2.05, 4.69) is 30.5 Å². The first-order chi connectivity index (χ1) is 6.74. The Morgan fingerprint density at radius 2 is 1.93 bits per heavy atom. The Balaban J connectivity index is 2.15. The van der Waals surface area contributed by atoms with Gasteiger partial charge in [0, 0.05) is 10.6 Å². The number of hydrogen-bond donors (Lipinski definition) is 1. The second kappa shape index (κ2) is 4.07. The Hall–Kier alpha value is -0.930. The van der Waals surface area contributed by atoms with Crippen molar-refractivity contribution in [3.8, 4) is 0 Å². The van der Waals surface area contributed by atoms with Gasteiger partial charge >= 0.3 is 0 Å². The number of hydrogen-bond acceptors (Lipinski definition) is 3. The number of anilines is 1. The van der Waals surface area contributed by atoms with Gasteiger partial charge in [-0.05, 0) is 48.2 Å². The van der Waals surface area contributed by atoms with Gasteiger partial charge in [0.25, 0.3) is 0 Å². The summed E-state index contributed by atoms with van der Waals surface area (Å²) in [6.07, 6.45) is 0. The van der Waals surface area contributed by atoms with Crippen LogP contribution in [0.5, 0.6) is 0 Å². The maximum absolute atomic E-state index is 5.62. The van der Waals surface area contributed by atoms with Crippen molar-refractivity contribution in [1.82, 2.24) is 0 Å². The van der Waals surface area contributed by atoms with Crippen LogP contribution >= 0.6 is 23.1 Å². The van der Waals surface area contributed by atoms with Crippen LogP contribution in [0.25, 0.3) is 0 Å². The predicted octanol–water partition coefficient (Wildman–Crippen LogP) is 3.79. The summed E-state index contributed by atoms with van der Waals surface area (Å²) >= 11 is 3.56. The van der Waals surface area contributed by atoms with E-state index in [0.29, 0.717) is 0 Å². The molecule has 0 atom stereocenters. The smallest absolute Gasteiger partial charge is 0.0648 e. The van der Waals surface area contributed by atoms with Crippen molar-refractivity contribution >= 4 is 28.8 Å². The molecule has 0 spiro atoms. The summed E-state index contributed by atoms with van der Waals surface area (Å²) in [4.78, 5) is 1.24. The monoisotopic (exact) mass is 221 g/mol. The highest BCUT2D eigenvalue weighted by Crippen LogP contribution is 2.32. The Morgan fingerprint density at radius 1 is 1.21 bits per heavy atom. The van der Waals surface area contributed by atoms with Crippen molar-refractivity contribution in [2.75, 3.05) is 5.73 Å². The van der Waals surface area contributed by atoms with E-state index in [0.717, 1.165) is 5.69 Å². The summed E-state index contributed by atoms with van der Waals surface area (Å²) < 4.78 is 1.33. The SMILES string of the molecule is Cc1csc(Sc2ccc(N)cc2)c1. The molecule has 0 radical (unpaired) electrons. The van der Waals surface area contributed by atoms with Crippen molar-refractivity contribution < 1.29 is 0 Å². The Labute approximate surface area is 92.0 Å². The van der Waals surface area contributed by atoms with Crippen LogP contribution in [0.1, 0.15) is 5.56 Å². The minimum atomic E-state index is 0.816. The lowest BCUT2D eigenvalue weighted by molar-refractivity contribution is 1.45. The van der Waals surface area contributed by atoms with Gasteiger partial charge in [-0.1, -0.05) is 11.8 Å². The second-order valence-electron chi connectivity index (χ2n) is 3.11. The van der Waals surface area contributed by atoms with Gasteiger partial charge in [0.2, 0.25) is 0 Å². The lowest BCUT2D eigenvalue weighted by atomic mass is 10.3. The third-order valence-corrected chi connectivity index (χ3v) is 4.01. The molecule has 0 saturated heterocycles. The molecule has 1 aromatic carbocycles. The summed E-state index contributed by atoms with van der Waals surface area (Å²) in [6.45, 7) is 2.11. The molecule has 0 bridgehead atoms. The number of thiophene rings is 1. The zero-order chi connectivity index (χ0) is 9.97. The van der Waals surface area contributed by atoms with E-state index in [4.69, 9.17) is 5.73 Å². The molecule has 1 nitrogen and oxygen atoms in total. The first-order valence-corrected chi connectivity index (χ1v) is 6.02. The number of nitrogens with two attached hydrogens (primary N) is 1. The molecule has 2 N–H and O–H groups in total. The lowest BCUT2D eigenvalue weighted by Crippen LogP contribution is -1.81. The topological polar surface area (TPSA) is 26.0 Å². The quantitative estimate of drug-likeness (QED) is 0.781. The number of rotatable bonds is 2. The van der Waals surface area contributed by atoms with E-state index in [1.807, 2.05) is 12.1 Å². The van der Waals surface area contributed by atoms with Crippen LogP contribution in [0.3, 0.4) is 0 Å². The summed E-state index contributed by atoms with van der Waals surface area (Å²) in [6, 6.07) is 10.2. The van der Waals surface area contributed by atoms with Crippen LogP contribution < -0.4 is 5.73 Å². The molecule has 0 aliphatic heterocycles. The standard InChI is InChI=1S/C11H11NS2/c1-8-6-11(13-7-8)14-10-4-2-9(12)3-5-10/h2-7H,12H2,1H3. The van der Waals surface area contributed by atoms with Gasteiger partial charge in [-0.2, -0.15) is 0 Å². The van der Waals surface area contributed by atoms with Gasteiger partial charge in [0.1, 0.15) is 0 Å². The minimum Gasteiger partial charge on any atom is -0.399 e. The molecule has 0 unspecified atom stereocenters. The molecule has 0 amide bonds. The second-order valence-corrected chi connectivity index (χ2v) is 5.40. The fraction of sp³-hybridized carbons (Fsp3) is 0.0909. The molecule has 2 rings (SSSR count). The highest BCUT2D eigenvalue weighted by molar-refractivity contribution is 8.01. The first-order valence-electron chi connectivity index (χ1n) is 4.32. The highest BCUT2D eigenvalue weighted by atomic mass is 32.2. The van der Waals surface area contributed by atoms with Gasteiger partial charge in [0.15, 0.2) is 0 Å². The van der Waals surface area contributed by atoms with Crippen molar-refractivity contribution in [3.05, 3.63) is 41.3 Å². The number of benzene rings is 1. The van der Waals surface area contributed by atoms with Crippen LogP contribution in [0, 0.1) is 6.92 Å². The highest BCUT2D eigenvalue weighted by Gasteiger charge is 1.99. The molecule has 0 aliphatic carbocycles. The fourth-order valence-corrected chi connectivity index (χ4v) is 3.11. The van der Waals surface area contributed by atoms with E-state index in [-0.39, 0.29) is 0 Å². The molecule has 2 aromatic rings. The van der Waals surface area contributed by atoms with Crippen molar-refractivity contribution in [2.45, 2.75) is 16.0 Å². The van der Waals surface area contributed by atoms with Crippen LogP contribution in [0.4, 0.5) is 5.69 Å². The maximum atomic E-state index is 5.62. The number of nitrogen functional groups attached to an aromatic ring is 1. The van der Waals surface area contributed by atoms with Crippen LogP contribution in [-0.4, -0.2) is 0 Å². The number of aryl methyl sites for hydroxylation is 1. The Morgan fingerprint density at radius 3 is 2.50 bits per heavy atom. The van der Waals surface area contributed by atoms with Crippen molar-refractivity contribution in [1.29, 1.82) is 0 Å². The van der Waals surface area contributed by atoms with Crippen LogP contribution in [0.2, 0.25) is 0 Å². The third kappa shape index (κ3) is 2.30. The van der Waals surface area contributed by atoms with Crippen LogP contribution in [-0.2, 0) is 0 Å². The molecular formula is C11H11NS2. The lowest BCUT2D eigenvalue weighted by Gasteiger charge is -1.98. The molecule has 72 valence electrons. The zero-order valence-corrected chi connectivity index (χ0v) is 9.49. The van der Waals surface area contributed by atoms with E-state index in [1.54, 1.807) is 23.1 Å². The molecule has 14 heavy (non-hydrogen) atoms. The van der Waals surface area contributed by atoms with E-state index in [9.17, 15) is 0 Å². The van der Waals surface area contributed by atoms with Crippen LogP contribution in [0.15, 0.2) is 44.8 Å². The zero-order valence-electron chi connectivity index (χ0n) is 7.86. The van der Waals surface area contributed by atoms with Gasteiger partial charge in [-0.25, -0.2) is 0 Å². The van der Waals surface area contributed by atoms with Gasteiger partial charge in [-0.15, -0.1) is 11.3 Å². The molecule has 3 heteroatoms. The van der Waals surface area contributed by atoms with Gasteiger partial charge in [0.05, 0.1) is 4.21 Å². The average Bonchev–Trinajstić information content (AvgIpc) is 2.56. The van der Waals surface area contributed by atoms with Gasteiger partial charge in [-0.3, -0.25) is 0 Å². The molecule has 1 aromatic heterocycles. The maximum Gasteiger partial charge on any atom is 0.0648 e. The molecule has 0 fully saturated rings.